The molecule has 1 aromatic carbocycles. The van der Waals surface area contributed by atoms with Crippen LogP contribution in [0, 0.1) is 5.82 Å². The molecule has 2 aromatic heterocycles. The van der Waals surface area contributed by atoms with Gasteiger partial charge < -0.3 is 14.2 Å². The Labute approximate surface area is 138 Å². The first-order chi connectivity index (χ1) is 11.7. The minimum atomic E-state index is -0.520. The number of hydrogen-bond acceptors (Lipinski definition) is 3. The van der Waals surface area contributed by atoms with Crippen LogP contribution in [-0.2, 0) is 16.8 Å². The predicted octanol–water partition coefficient (Wildman–Crippen LogP) is 4.03. The lowest BCUT2D eigenvalue weighted by atomic mass is 9.95. The Kier molecular flexibility index (Phi) is 3.49. The molecule has 5 heteroatoms. The summed E-state index contributed by atoms with van der Waals surface area (Å²) in [7, 11) is 0. The Bertz CT molecular complexity index is 845. The summed E-state index contributed by atoms with van der Waals surface area (Å²) >= 11 is 0. The molecule has 0 atom stereocenters. The first-order valence-electron chi connectivity index (χ1n) is 7.83. The van der Waals surface area contributed by atoms with E-state index < -0.39 is 5.41 Å². The summed E-state index contributed by atoms with van der Waals surface area (Å²) in [6, 6.07) is 11.7. The number of carbonyl (C=O) groups is 1. The third-order valence-corrected chi connectivity index (χ3v) is 4.47. The SMILES string of the molecule is O=C(NCc1ccc(-c2ccoc2)o1)C1(c2ccc(F)cc2)CC1. The fourth-order valence-corrected chi connectivity index (χ4v) is 2.91. The zero-order chi connectivity index (χ0) is 16.6. The average molecular weight is 325 g/mol. The minimum Gasteiger partial charge on any atom is -0.472 e. The normalized spacial score (nSPS) is 15.2. The molecule has 3 aromatic rings. The van der Waals surface area contributed by atoms with Crippen LogP contribution >= 0.6 is 0 Å². The van der Waals surface area contributed by atoms with Crippen LogP contribution in [-0.4, -0.2) is 5.91 Å². The fourth-order valence-electron chi connectivity index (χ4n) is 2.91. The Morgan fingerprint density at radius 1 is 1.12 bits per heavy atom. The van der Waals surface area contributed by atoms with Gasteiger partial charge in [0.05, 0.1) is 23.8 Å². The molecule has 1 fully saturated rings. The van der Waals surface area contributed by atoms with Gasteiger partial charge >= 0.3 is 0 Å². The van der Waals surface area contributed by atoms with E-state index in [1.807, 2.05) is 18.2 Å². The summed E-state index contributed by atoms with van der Waals surface area (Å²) in [6.45, 7) is 0.319. The van der Waals surface area contributed by atoms with Crippen LogP contribution in [0.25, 0.3) is 11.3 Å². The van der Waals surface area contributed by atoms with E-state index in [-0.39, 0.29) is 11.7 Å². The summed E-state index contributed by atoms with van der Waals surface area (Å²) in [5.41, 5.74) is 1.20. The van der Waals surface area contributed by atoms with Crippen LogP contribution in [0.1, 0.15) is 24.2 Å². The predicted molar refractivity (Wildman–Crippen MR) is 85.6 cm³/mol. The number of nitrogens with one attached hydrogen (secondary N) is 1. The van der Waals surface area contributed by atoms with Gasteiger partial charge in [-0.25, -0.2) is 4.39 Å². The maximum atomic E-state index is 13.1. The summed E-state index contributed by atoms with van der Waals surface area (Å²) < 4.78 is 23.8. The van der Waals surface area contributed by atoms with Gasteiger partial charge in [0, 0.05) is 0 Å². The first kappa shape index (κ1) is 14.8. The van der Waals surface area contributed by atoms with Gasteiger partial charge in [0.25, 0.3) is 0 Å². The first-order valence-corrected chi connectivity index (χ1v) is 7.83. The van der Waals surface area contributed by atoms with Crippen molar-refractivity contribution in [2.45, 2.75) is 24.8 Å². The Hall–Kier alpha value is -2.82. The molecular formula is C19H16FNO3. The van der Waals surface area contributed by atoms with E-state index >= 15 is 0 Å². The summed E-state index contributed by atoms with van der Waals surface area (Å²) in [4.78, 5) is 12.6. The Morgan fingerprint density at radius 2 is 1.92 bits per heavy atom. The van der Waals surface area contributed by atoms with Crippen LogP contribution in [0.5, 0.6) is 0 Å². The van der Waals surface area contributed by atoms with Gasteiger partial charge in [-0.15, -0.1) is 0 Å². The third kappa shape index (κ3) is 2.62. The number of halogens is 1. The lowest BCUT2D eigenvalue weighted by Gasteiger charge is -2.15. The molecule has 4 nitrogen and oxygen atoms in total. The highest BCUT2D eigenvalue weighted by molar-refractivity contribution is 5.91. The van der Waals surface area contributed by atoms with Crippen LogP contribution in [0.2, 0.25) is 0 Å². The van der Waals surface area contributed by atoms with Crippen molar-refractivity contribution < 1.29 is 18.0 Å². The molecule has 0 saturated heterocycles. The number of rotatable bonds is 5. The average Bonchev–Trinajstić information content (AvgIpc) is 3.00. The van der Waals surface area contributed by atoms with Crippen molar-refractivity contribution >= 4 is 5.91 Å². The Balaban J connectivity index is 1.43. The quantitative estimate of drug-likeness (QED) is 0.770. The monoisotopic (exact) mass is 325 g/mol. The van der Waals surface area contributed by atoms with Gasteiger partial charge in [0.15, 0.2) is 0 Å². The number of amides is 1. The highest BCUT2D eigenvalue weighted by atomic mass is 19.1. The molecule has 0 bridgehead atoms. The molecule has 4 rings (SSSR count). The van der Waals surface area contributed by atoms with Gasteiger partial charge in [-0.3, -0.25) is 4.79 Å². The lowest BCUT2D eigenvalue weighted by molar-refractivity contribution is -0.123. The molecule has 1 N–H and O–H groups in total. The zero-order valence-corrected chi connectivity index (χ0v) is 12.9. The molecule has 1 saturated carbocycles. The second-order valence-corrected chi connectivity index (χ2v) is 6.05. The van der Waals surface area contributed by atoms with Crippen molar-refractivity contribution in [3.05, 3.63) is 72.1 Å². The smallest absolute Gasteiger partial charge is 0.231 e. The largest absolute Gasteiger partial charge is 0.472 e. The molecule has 122 valence electrons. The van der Waals surface area contributed by atoms with Gasteiger partial charge in [-0.2, -0.15) is 0 Å². The maximum absolute atomic E-state index is 13.1. The maximum Gasteiger partial charge on any atom is 0.231 e. The standard InChI is InChI=1S/C19H16FNO3/c20-15-3-1-14(2-4-15)19(8-9-19)18(22)21-11-16-5-6-17(24-16)13-7-10-23-12-13/h1-7,10,12H,8-9,11H2,(H,21,22). The van der Waals surface area contributed by atoms with E-state index in [0.29, 0.717) is 18.1 Å². The fraction of sp³-hybridized carbons (Fsp3) is 0.211. The number of hydrogen-bond donors (Lipinski definition) is 1. The minimum absolute atomic E-state index is 0.0460. The number of furan rings is 2. The molecule has 0 radical (unpaired) electrons. The van der Waals surface area contributed by atoms with Gasteiger partial charge in [-0.1, -0.05) is 12.1 Å². The second kappa shape index (κ2) is 5.67. The summed E-state index contributed by atoms with van der Waals surface area (Å²) in [6.07, 6.45) is 4.75. The highest BCUT2D eigenvalue weighted by Gasteiger charge is 2.51. The van der Waals surface area contributed by atoms with E-state index in [0.717, 1.165) is 24.0 Å². The third-order valence-electron chi connectivity index (χ3n) is 4.47. The second-order valence-electron chi connectivity index (χ2n) is 6.05. The van der Waals surface area contributed by atoms with Crippen LogP contribution < -0.4 is 5.32 Å². The van der Waals surface area contributed by atoms with Crippen LogP contribution in [0.15, 0.2) is 63.8 Å². The van der Waals surface area contributed by atoms with Crippen molar-refractivity contribution in [2.24, 2.45) is 0 Å². The van der Waals surface area contributed by atoms with Crippen molar-refractivity contribution in [2.75, 3.05) is 0 Å². The van der Waals surface area contributed by atoms with Gasteiger partial charge in [0.2, 0.25) is 5.91 Å². The van der Waals surface area contributed by atoms with Crippen LogP contribution in [0.3, 0.4) is 0 Å². The molecule has 1 aliphatic carbocycles. The van der Waals surface area contributed by atoms with E-state index in [9.17, 15) is 9.18 Å². The van der Waals surface area contributed by atoms with E-state index in [4.69, 9.17) is 8.83 Å². The zero-order valence-electron chi connectivity index (χ0n) is 12.9. The molecule has 2 heterocycles. The van der Waals surface area contributed by atoms with Gasteiger partial charge in [0.1, 0.15) is 23.6 Å². The van der Waals surface area contributed by atoms with Crippen LogP contribution in [0.4, 0.5) is 4.39 Å². The topological polar surface area (TPSA) is 55.4 Å². The lowest BCUT2D eigenvalue weighted by Crippen LogP contribution is -2.34. The van der Waals surface area contributed by atoms with E-state index in [1.54, 1.807) is 24.7 Å². The summed E-state index contributed by atoms with van der Waals surface area (Å²) in [5, 5.41) is 2.92. The highest BCUT2D eigenvalue weighted by Crippen LogP contribution is 2.48. The van der Waals surface area contributed by atoms with E-state index in [2.05, 4.69) is 5.32 Å². The molecule has 1 amide bonds. The molecule has 0 aliphatic heterocycles. The Morgan fingerprint density at radius 3 is 2.58 bits per heavy atom. The van der Waals surface area contributed by atoms with Crippen molar-refractivity contribution in [3.63, 3.8) is 0 Å². The van der Waals surface area contributed by atoms with Crippen molar-refractivity contribution in [1.82, 2.24) is 5.32 Å². The van der Waals surface area contributed by atoms with E-state index in [1.165, 1.54) is 12.1 Å². The molecular weight excluding hydrogens is 309 g/mol. The summed E-state index contributed by atoms with van der Waals surface area (Å²) in [5.74, 6) is 1.04. The number of benzene rings is 1. The molecule has 0 spiro atoms. The van der Waals surface area contributed by atoms with Gasteiger partial charge in [-0.05, 0) is 48.7 Å². The molecule has 1 aliphatic rings. The molecule has 0 unspecified atom stereocenters. The van der Waals surface area contributed by atoms with Crippen molar-refractivity contribution in [1.29, 1.82) is 0 Å². The molecule has 24 heavy (non-hydrogen) atoms. The number of carbonyl (C=O) groups excluding carboxylic acids is 1. The van der Waals surface area contributed by atoms with Crippen molar-refractivity contribution in [3.8, 4) is 11.3 Å².